The Balaban J connectivity index is 1.29. The van der Waals surface area contributed by atoms with Crippen LogP contribution in [0.25, 0.3) is 56.0 Å². The van der Waals surface area contributed by atoms with E-state index in [1.165, 1.54) is 16.3 Å². The van der Waals surface area contributed by atoms with Crippen LogP contribution in [0, 0.1) is 0 Å². The summed E-state index contributed by atoms with van der Waals surface area (Å²) in [7, 11) is 0. The summed E-state index contributed by atoms with van der Waals surface area (Å²) in [6.07, 6.45) is 9.35. The maximum Gasteiger partial charge on any atom is 0.143 e. The number of furan rings is 1. The first-order chi connectivity index (χ1) is 18.3. The maximum absolute atomic E-state index is 6.46. The summed E-state index contributed by atoms with van der Waals surface area (Å²) in [4.78, 5) is 0. The van der Waals surface area contributed by atoms with Gasteiger partial charge >= 0.3 is 0 Å². The van der Waals surface area contributed by atoms with Gasteiger partial charge in [0.15, 0.2) is 0 Å². The summed E-state index contributed by atoms with van der Waals surface area (Å²) in [6, 6.07) is 32.1. The third-order valence-corrected chi connectivity index (χ3v) is 7.26. The van der Waals surface area contributed by atoms with Crippen LogP contribution in [0.5, 0.6) is 0 Å². The second-order valence-corrected chi connectivity index (χ2v) is 9.57. The average molecular weight is 479 g/mol. The fraction of sp³-hybridized carbons (Fsp3) is 0.0588. The number of nitrogen functional groups attached to an aromatic ring is 1. The number of nitrogens with one attached hydrogen (secondary N) is 1. The van der Waals surface area contributed by atoms with E-state index in [1.54, 1.807) is 0 Å². The molecule has 3 heteroatoms. The lowest BCUT2D eigenvalue weighted by atomic mass is 9.94. The minimum Gasteiger partial charge on any atom is -0.455 e. The zero-order chi connectivity index (χ0) is 24.8. The van der Waals surface area contributed by atoms with Crippen molar-refractivity contribution in [3.8, 4) is 11.1 Å². The van der Waals surface area contributed by atoms with E-state index in [0.717, 1.165) is 68.5 Å². The molecule has 6 aromatic rings. The minimum atomic E-state index is 0.801. The van der Waals surface area contributed by atoms with Gasteiger partial charge in [-0.25, -0.2) is 0 Å². The van der Waals surface area contributed by atoms with Crippen molar-refractivity contribution in [1.29, 1.82) is 0 Å². The molecule has 1 aliphatic heterocycles. The number of fused-ring (bicyclic) bond motifs is 5. The van der Waals surface area contributed by atoms with Crippen molar-refractivity contribution in [2.75, 3.05) is 17.6 Å². The second-order valence-electron chi connectivity index (χ2n) is 9.57. The zero-order valence-electron chi connectivity index (χ0n) is 20.4. The van der Waals surface area contributed by atoms with Gasteiger partial charge in [0.1, 0.15) is 11.2 Å². The highest BCUT2D eigenvalue weighted by Crippen LogP contribution is 2.41. The first-order valence-corrected chi connectivity index (χ1v) is 12.7. The monoisotopic (exact) mass is 478 g/mol. The minimum absolute atomic E-state index is 0.801. The van der Waals surface area contributed by atoms with Crippen LogP contribution >= 0.6 is 0 Å². The number of rotatable bonds is 4. The fourth-order valence-corrected chi connectivity index (χ4v) is 5.47. The van der Waals surface area contributed by atoms with Gasteiger partial charge in [0.05, 0.1) is 11.4 Å². The molecule has 0 atom stereocenters. The molecule has 3 N–H and O–H groups in total. The van der Waals surface area contributed by atoms with Crippen LogP contribution in [0.2, 0.25) is 0 Å². The van der Waals surface area contributed by atoms with Crippen LogP contribution in [0.4, 0.5) is 11.4 Å². The molecular formula is C34H26N2O. The Kier molecular flexibility index (Phi) is 5.07. The van der Waals surface area contributed by atoms with E-state index in [1.807, 2.05) is 12.1 Å². The Hall–Kier alpha value is -4.76. The van der Waals surface area contributed by atoms with E-state index in [-0.39, 0.29) is 0 Å². The topological polar surface area (TPSA) is 51.2 Å². The number of para-hydroxylation sites is 1. The number of benzene rings is 5. The summed E-state index contributed by atoms with van der Waals surface area (Å²) >= 11 is 0. The number of hydrogen-bond donors (Lipinski definition) is 2. The smallest absolute Gasteiger partial charge is 0.143 e. The SMILES string of the molecule is Nc1c(/C=C\Cc2cccc(-c3c4ccccc4cc4c3oc3ccccc34)c2)ccc2c1NCC=C2. The predicted octanol–water partition coefficient (Wildman–Crippen LogP) is 8.68. The maximum atomic E-state index is 6.46. The van der Waals surface area contributed by atoms with Crippen LogP contribution in [0.3, 0.4) is 0 Å². The molecule has 37 heavy (non-hydrogen) atoms. The molecule has 3 nitrogen and oxygen atoms in total. The van der Waals surface area contributed by atoms with E-state index in [4.69, 9.17) is 10.2 Å². The van der Waals surface area contributed by atoms with Crippen molar-refractivity contribution in [1.82, 2.24) is 0 Å². The average Bonchev–Trinajstić information content (AvgIpc) is 3.31. The van der Waals surface area contributed by atoms with Gasteiger partial charge < -0.3 is 15.5 Å². The third kappa shape index (κ3) is 3.68. The largest absolute Gasteiger partial charge is 0.455 e. The first-order valence-electron chi connectivity index (χ1n) is 12.7. The van der Waals surface area contributed by atoms with Gasteiger partial charge in [-0.15, -0.1) is 0 Å². The molecule has 0 saturated heterocycles. The van der Waals surface area contributed by atoms with E-state index in [0.29, 0.717) is 0 Å². The highest BCUT2D eigenvalue weighted by Gasteiger charge is 2.16. The Morgan fingerprint density at radius 1 is 0.838 bits per heavy atom. The van der Waals surface area contributed by atoms with Crippen molar-refractivity contribution in [2.24, 2.45) is 0 Å². The van der Waals surface area contributed by atoms with Gasteiger partial charge in [-0.2, -0.15) is 0 Å². The molecule has 0 aliphatic carbocycles. The molecule has 0 bridgehead atoms. The van der Waals surface area contributed by atoms with Gasteiger partial charge in [0.2, 0.25) is 0 Å². The number of anilines is 2. The molecule has 0 fully saturated rings. The Morgan fingerprint density at radius 3 is 2.65 bits per heavy atom. The van der Waals surface area contributed by atoms with Crippen LogP contribution in [-0.4, -0.2) is 6.54 Å². The molecule has 0 unspecified atom stereocenters. The lowest BCUT2D eigenvalue weighted by molar-refractivity contribution is 0.670. The van der Waals surface area contributed by atoms with Gasteiger partial charge in [-0.3, -0.25) is 0 Å². The van der Waals surface area contributed by atoms with E-state index in [9.17, 15) is 0 Å². The molecular weight excluding hydrogens is 452 g/mol. The summed E-state index contributed by atoms with van der Waals surface area (Å²) < 4.78 is 6.44. The quantitative estimate of drug-likeness (QED) is 0.249. The fourth-order valence-electron chi connectivity index (χ4n) is 5.47. The predicted molar refractivity (Wildman–Crippen MR) is 158 cm³/mol. The molecule has 1 aromatic heterocycles. The Morgan fingerprint density at radius 2 is 1.70 bits per heavy atom. The molecule has 0 radical (unpaired) electrons. The summed E-state index contributed by atoms with van der Waals surface area (Å²) in [5.74, 6) is 0. The van der Waals surface area contributed by atoms with Crippen molar-refractivity contribution in [3.05, 3.63) is 120 Å². The lowest BCUT2D eigenvalue weighted by Crippen LogP contribution is -2.08. The van der Waals surface area contributed by atoms with Crippen molar-refractivity contribution in [2.45, 2.75) is 6.42 Å². The lowest BCUT2D eigenvalue weighted by Gasteiger charge is -2.17. The third-order valence-electron chi connectivity index (χ3n) is 7.26. The van der Waals surface area contributed by atoms with Crippen molar-refractivity contribution >= 4 is 56.2 Å². The first kappa shape index (κ1) is 21.5. The van der Waals surface area contributed by atoms with Gasteiger partial charge in [-0.05, 0) is 51.6 Å². The Bertz CT molecular complexity index is 1870. The molecule has 0 spiro atoms. The summed E-state index contributed by atoms with van der Waals surface area (Å²) in [5, 5.41) is 8.11. The number of nitrogens with two attached hydrogens (primary N) is 1. The van der Waals surface area contributed by atoms with Crippen LogP contribution in [0.15, 0.2) is 108 Å². The molecule has 2 heterocycles. The number of hydrogen-bond acceptors (Lipinski definition) is 3. The van der Waals surface area contributed by atoms with E-state index < -0.39 is 0 Å². The van der Waals surface area contributed by atoms with Gasteiger partial charge in [0, 0.05) is 22.9 Å². The molecule has 0 amide bonds. The van der Waals surface area contributed by atoms with Gasteiger partial charge in [0.25, 0.3) is 0 Å². The summed E-state index contributed by atoms with van der Waals surface area (Å²) in [6.45, 7) is 0.809. The zero-order valence-corrected chi connectivity index (χ0v) is 20.4. The van der Waals surface area contributed by atoms with Crippen molar-refractivity contribution < 1.29 is 4.42 Å². The van der Waals surface area contributed by atoms with Crippen molar-refractivity contribution in [3.63, 3.8) is 0 Å². The summed E-state index contributed by atoms with van der Waals surface area (Å²) in [5.41, 5.74) is 15.9. The van der Waals surface area contributed by atoms with Crippen LogP contribution in [0.1, 0.15) is 16.7 Å². The molecule has 7 rings (SSSR count). The van der Waals surface area contributed by atoms with E-state index in [2.05, 4.69) is 108 Å². The molecule has 178 valence electrons. The second kappa shape index (κ2) is 8.72. The Labute approximate surface area is 215 Å². The van der Waals surface area contributed by atoms with Crippen LogP contribution < -0.4 is 11.1 Å². The highest BCUT2D eigenvalue weighted by atomic mass is 16.3. The van der Waals surface area contributed by atoms with Crippen LogP contribution in [-0.2, 0) is 6.42 Å². The number of allylic oxidation sites excluding steroid dienone is 1. The van der Waals surface area contributed by atoms with E-state index >= 15 is 0 Å². The standard InChI is InChI=1S/C34H26N2O/c35-32-23(17-18-24-13-7-19-36-33(24)32)11-5-8-22-9-6-12-26(20-22)31-27-14-2-1-10-25(27)21-29-28-15-3-4-16-30(28)37-34(29)31/h1-7,9-18,20-21,36H,8,19,35H2/b11-5-. The van der Waals surface area contributed by atoms with Gasteiger partial charge in [-0.1, -0.05) is 103 Å². The highest BCUT2D eigenvalue weighted by molar-refractivity contribution is 6.18. The normalized spacial score (nSPS) is 13.0. The molecule has 0 saturated carbocycles. The molecule has 1 aliphatic rings. The molecule has 5 aromatic carbocycles.